The number of rotatable bonds is 48. The number of carbonyl (C=O) groups is 2. The number of unbranched alkanes of at least 4 members (excludes halogenated alkanes) is 36. The molecule has 0 rings (SSSR count). The van der Waals surface area contributed by atoms with Gasteiger partial charge in [0.05, 0.1) is 25.2 Å². The molecule has 3 unspecified atom stereocenters. The van der Waals surface area contributed by atoms with Crippen molar-refractivity contribution in [1.82, 2.24) is 5.32 Å². The number of esters is 1. The molecule has 0 aliphatic carbocycles. The van der Waals surface area contributed by atoms with Gasteiger partial charge in [0.15, 0.2) is 0 Å². The normalized spacial score (nSPS) is 13.1. The maximum Gasteiger partial charge on any atom is 0.306 e. The van der Waals surface area contributed by atoms with E-state index in [1.54, 1.807) is 0 Å². The molecule has 0 radical (unpaired) electrons. The summed E-state index contributed by atoms with van der Waals surface area (Å²) in [7, 11) is 0. The molecule has 0 fully saturated rings. The minimum absolute atomic E-state index is 0.0876. The molecule has 0 aromatic rings. The number of hydrogen-bond donors (Lipinski definition) is 3. The highest BCUT2D eigenvalue weighted by Gasteiger charge is 2.24. The fourth-order valence-corrected chi connectivity index (χ4v) is 8.43. The van der Waals surface area contributed by atoms with Crippen LogP contribution in [0.2, 0.25) is 0 Å². The van der Waals surface area contributed by atoms with E-state index in [-0.39, 0.29) is 24.9 Å². The van der Waals surface area contributed by atoms with Gasteiger partial charge in [-0.2, -0.15) is 0 Å². The van der Waals surface area contributed by atoms with E-state index in [0.717, 1.165) is 38.5 Å². The van der Waals surface area contributed by atoms with Crippen molar-refractivity contribution in [3.8, 4) is 0 Å². The molecule has 346 valence electrons. The molecule has 0 heterocycles. The third-order valence-electron chi connectivity index (χ3n) is 12.4. The predicted molar refractivity (Wildman–Crippen MR) is 250 cm³/mol. The number of ether oxygens (including phenoxy) is 1. The first-order valence-electron chi connectivity index (χ1n) is 26.3. The Labute approximate surface area is 362 Å². The standard InChI is InChI=1S/C52H103NO5/c1-4-7-10-13-16-19-21-23-24-25-26-28-30-33-36-39-42-45-52(57)58-48(43-40-37-34-32-29-27-22-20-17-14-11-8-5-2)46-51(56)53-49(47-54)50(55)44-41-38-35-31-18-15-12-9-6-3/h48-50,54-55H,4-47H2,1-3H3,(H,53,56). The first-order chi connectivity index (χ1) is 28.5. The van der Waals surface area contributed by atoms with E-state index in [0.29, 0.717) is 19.3 Å². The van der Waals surface area contributed by atoms with Gasteiger partial charge in [0, 0.05) is 6.42 Å². The monoisotopic (exact) mass is 822 g/mol. The molecule has 0 aliphatic heterocycles. The van der Waals surface area contributed by atoms with Crippen molar-refractivity contribution < 1.29 is 24.5 Å². The van der Waals surface area contributed by atoms with E-state index in [2.05, 4.69) is 26.1 Å². The van der Waals surface area contributed by atoms with Gasteiger partial charge >= 0.3 is 5.97 Å². The number of nitrogens with one attached hydrogen (secondary N) is 1. The molecule has 0 saturated heterocycles. The summed E-state index contributed by atoms with van der Waals surface area (Å²) in [6, 6.07) is -0.691. The quantitative estimate of drug-likeness (QED) is 0.0420. The number of aliphatic hydroxyl groups excluding tert-OH is 2. The molecule has 0 spiro atoms. The van der Waals surface area contributed by atoms with Gasteiger partial charge in [-0.3, -0.25) is 9.59 Å². The summed E-state index contributed by atoms with van der Waals surface area (Å²) in [5, 5.41) is 23.7. The summed E-state index contributed by atoms with van der Waals surface area (Å²) in [4.78, 5) is 26.1. The third-order valence-corrected chi connectivity index (χ3v) is 12.4. The fraction of sp³-hybridized carbons (Fsp3) is 0.962. The molecule has 0 aromatic carbocycles. The minimum atomic E-state index is -0.778. The lowest BCUT2D eigenvalue weighted by molar-refractivity contribution is -0.151. The zero-order chi connectivity index (χ0) is 42.4. The number of aliphatic hydroxyl groups is 2. The zero-order valence-corrected chi connectivity index (χ0v) is 39.5. The Morgan fingerprint density at radius 3 is 1.05 bits per heavy atom. The number of hydrogen-bond acceptors (Lipinski definition) is 5. The average molecular weight is 822 g/mol. The van der Waals surface area contributed by atoms with Crippen LogP contribution in [0.3, 0.4) is 0 Å². The Morgan fingerprint density at radius 1 is 0.431 bits per heavy atom. The van der Waals surface area contributed by atoms with Crippen molar-refractivity contribution in [1.29, 1.82) is 0 Å². The highest BCUT2D eigenvalue weighted by Crippen LogP contribution is 2.19. The zero-order valence-electron chi connectivity index (χ0n) is 39.5. The van der Waals surface area contributed by atoms with Crippen LogP contribution in [-0.4, -0.2) is 46.9 Å². The first kappa shape index (κ1) is 56.9. The molecule has 1 amide bonds. The highest BCUT2D eigenvalue weighted by atomic mass is 16.5. The van der Waals surface area contributed by atoms with Crippen molar-refractivity contribution in [3.05, 3.63) is 0 Å². The predicted octanol–water partition coefficient (Wildman–Crippen LogP) is 15.6. The third kappa shape index (κ3) is 41.6. The van der Waals surface area contributed by atoms with Crippen LogP contribution in [0.4, 0.5) is 0 Å². The van der Waals surface area contributed by atoms with Crippen LogP contribution in [0.25, 0.3) is 0 Å². The van der Waals surface area contributed by atoms with E-state index in [4.69, 9.17) is 4.74 Å². The van der Waals surface area contributed by atoms with Crippen molar-refractivity contribution in [2.75, 3.05) is 6.61 Å². The Morgan fingerprint density at radius 2 is 0.724 bits per heavy atom. The number of carbonyl (C=O) groups excluding carboxylic acids is 2. The summed E-state index contributed by atoms with van der Waals surface area (Å²) < 4.78 is 5.94. The van der Waals surface area contributed by atoms with Gasteiger partial charge in [-0.25, -0.2) is 0 Å². The molecular weight excluding hydrogens is 719 g/mol. The summed E-state index contributed by atoms with van der Waals surface area (Å²) in [6.07, 6.45) is 50.3. The smallest absolute Gasteiger partial charge is 0.306 e. The van der Waals surface area contributed by atoms with Gasteiger partial charge in [-0.15, -0.1) is 0 Å². The second kappa shape index (κ2) is 46.9. The molecule has 0 aromatic heterocycles. The van der Waals surface area contributed by atoms with E-state index in [1.165, 1.54) is 212 Å². The van der Waals surface area contributed by atoms with Crippen LogP contribution in [0.1, 0.15) is 297 Å². The SMILES string of the molecule is CCCCCCCCCCCCCCCCCCCC(=O)OC(CCCCCCCCCCCCCCC)CC(=O)NC(CO)C(O)CCCCCCCCCCC. The van der Waals surface area contributed by atoms with Gasteiger partial charge in [0.2, 0.25) is 5.91 Å². The Balaban J connectivity index is 4.46. The Bertz CT molecular complexity index is 837. The maximum atomic E-state index is 13.2. The second-order valence-corrected chi connectivity index (χ2v) is 18.3. The van der Waals surface area contributed by atoms with Crippen LogP contribution >= 0.6 is 0 Å². The lowest BCUT2D eigenvalue weighted by atomic mass is 10.0. The largest absolute Gasteiger partial charge is 0.462 e. The minimum Gasteiger partial charge on any atom is -0.462 e. The first-order valence-corrected chi connectivity index (χ1v) is 26.3. The van der Waals surface area contributed by atoms with Gasteiger partial charge in [0.25, 0.3) is 0 Å². The molecular formula is C52H103NO5. The lowest BCUT2D eigenvalue weighted by Gasteiger charge is -2.24. The van der Waals surface area contributed by atoms with Gasteiger partial charge < -0.3 is 20.3 Å². The maximum absolute atomic E-state index is 13.2. The molecule has 3 N–H and O–H groups in total. The van der Waals surface area contributed by atoms with Crippen LogP contribution in [0.15, 0.2) is 0 Å². The van der Waals surface area contributed by atoms with E-state index in [9.17, 15) is 19.8 Å². The van der Waals surface area contributed by atoms with Gasteiger partial charge in [-0.05, 0) is 25.7 Å². The summed E-state index contributed by atoms with van der Waals surface area (Å²) in [5.74, 6) is -0.451. The van der Waals surface area contributed by atoms with Crippen molar-refractivity contribution >= 4 is 11.9 Å². The van der Waals surface area contributed by atoms with Crippen molar-refractivity contribution in [2.24, 2.45) is 0 Å². The van der Waals surface area contributed by atoms with Crippen molar-refractivity contribution in [3.63, 3.8) is 0 Å². The van der Waals surface area contributed by atoms with Crippen LogP contribution in [-0.2, 0) is 14.3 Å². The van der Waals surface area contributed by atoms with Crippen LogP contribution < -0.4 is 5.32 Å². The summed E-state index contributed by atoms with van der Waals surface area (Å²) in [5.41, 5.74) is 0. The Hall–Kier alpha value is -1.14. The van der Waals surface area contributed by atoms with Crippen LogP contribution in [0, 0.1) is 0 Å². The second-order valence-electron chi connectivity index (χ2n) is 18.3. The van der Waals surface area contributed by atoms with Gasteiger partial charge in [-0.1, -0.05) is 258 Å². The van der Waals surface area contributed by atoms with E-state index >= 15 is 0 Å². The molecule has 0 aliphatic rings. The molecule has 0 saturated carbocycles. The lowest BCUT2D eigenvalue weighted by Crippen LogP contribution is -2.46. The summed E-state index contributed by atoms with van der Waals surface area (Å²) in [6.45, 7) is 6.50. The van der Waals surface area contributed by atoms with E-state index < -0.39 is 18.2 Å². The highest BCUT2D eigenvalue weighted by molar-refractivity contribution is 5.77. The molecule has 3 atom stereocenters. The van der Waals surface area contributed by atoms with E-state index in [1.807, 2.05) is 0 Å². The van der Waals surface area contributed by atoms with Gasteiger partial charge in [0.1, 0.15) is 6.10 Å². The fourth-order valence-electron chi connectivity index (χ4n) is 8.43. The molecule has 0 bridgehead atoms. The Kier molecular flexibility index (Phi) is 46.0. The molecule has 6 heteroatoms. The summed E-state index contributed by atoms with van der Waals surface area (Å²) >= 11 is 0. The molecule has 6 nitrogen and oxygen atoms in total. The topological polar surface area (TPSA) is 95.9 Å². The number of amides is 1. The van der Waals surface area contributed by atoms with Crippen molar-refractivity contribution in [2.45, 2.75) is 315 Å². The van der Waals surface area contributed by atoms with Crippen LogP contribution in [0.5, 0.6) is 0 Å². The molecule has 58 heavy (non-hydrogen) atoms. The average Bonchev–Trinajstić information content (AvgIpc) is 3.22.